The number of benzene rings is 1. The summed E-state index contributed by atoms with van der Waals surface area (Å²) in [6.07, 6.45) is 3.12. The minimum atomic E-state index is -1.32. The predicted octanol–water partition coefficient (Wildman–Crippen LogP) is -0.528. The first kappa shape index (κ1) is 15.9. The Morgan fingerprint density at radius 3 is 2.37 bits per heavy atom. The van der Waals surface area contributed by atoms with Gasteiger partial charge in [-0.3, -0.25) is 15.1 Å². The number of rotatable bonds is 3. The van der Waals surface area contributed by atoms with Gasteiger partial charge in [0, 0.05) is 18.5 Å². The molecule has 2 aromatic rings. The van der Waals surface area contributed by atoms with E-state index in [1.807, 2.05) is 0 Å². The Bertz CT molecular complexity index is 622. The van der Waals surface area contributed by atoms with Gasteiger partial charge in [0.05, 0.1) is 4.92 Å². The van der Waals surface area contributed by atoms with E-state index in [1.54, 1.807) is 24.5 Å². The number of hydrogen-bond acceptors (Lipinski definition) is 4. The van der Waals surface area contributed by atoms with Crippen molar-refractivity contribution in [2.45, 2.75) is 0 Å². The van der Waals surface area contributed by atoms with Crippen LogP contribution < -0.4 is 51.4 Å². The molecule has 2 rings (SSSR count). The van der Waals surface area contributed by atoms with Crippen molar-refractivity contribution in [3.63, 3.8) is 0 Å². The summed E-state index contributed by atoms with van der Waals surface area (Å²) < 4.78 is 0. The van der Waals surface area contributed by atoms with Crippen LogP contribution in [0.4, 0.5) is 5.69 Å². The molecule has 19 heavy (non-hydrogen) atoms. The van der Waals surface area contributed by atoms with Crippen molar-refractivity contribution in [1.82, 2.24) is 4.98 Å². The monoisotopic (exact) mass is 284 g/mol. The number of nitro groups is 1. The van der Waals surface area contributed by atoms with Crippen molar-refractivity contribution in [2.24, 2.45) is 0 Å². The number of aromatic carboxylic acids is 1. The van der Waals surface area contributed by atoms with E-state index in [0.29, 0.717) is 5.56 Å². The van der Waals surface area contributed by atoms with Crippen LogP contribution in [0.2, 0.25) is 0 Å². The standard InChI is InChI=1S/C12H8N2O4.K.H/c15-12(16)10-2-1-9(7-11(10)14(17)18)8-3-5-13-6-4-8;;/h1-7H,(H,15,16);;/q;+1;-1. The van der Waals surface area contributed by atoms with Gasteiger partial charge in [-0.2, -0.15) is 0 Å². The topological polar surface area (TPSA) is 93.3 Å². The number of carboxylic acids is 1. The Morgan fingerprint density at radius 2 is 1.84 bits per heavy atom. The molecule has 0 bridgehead atoms. The summed E-state index contributed by atoms with van der Waals surface area (Å²) in [5, 5.41) is 19.7. The Labute approximate surface area is 152 Å². The Kier molecular flexibility index (Phi) is 5.76. The molecule has 1 aromatic heterocycles. The number of carbonyl (C=O) groups is 1. The molecule has 1 N–H and O–H groups in total. The molecule has 7 heteroatoms. The average molecular weight is 284 g/mol. The zero-order chi connectivity index (χ0) is 13.1. The van der Waals surface area contributed by atoms with E-state index < -0.39 is 16.6 Å². The largest absolute Gasteiger partial charge is 1.00 e. The Hall–Kier alpha value is -1.12. The maximum Gasteiger partial charge on any atom is 1.00 e. The van der Waals surface area contributed by atoms with Crippen molar-refractivity contribution in [2.75, 3.05) is 0 Å². The van der Waals surface area contributed by atoms with Crippen molar-refractivity contribution in [1.29, 1.82) is 0 Å². The quantitative estimate of drug-likeness (QED) is 0.464. The Balaban J connectivity index is 0.00000180. The molecule has 0 atom stereocenters. The third kappa shape index (κ3) is 3.68. The van der Waals surface area contributed by atoms with E-state index in [2.05, 4.69) is 4.98 Å². The maximum absolute atomic E-state index is 10.9. The molecule has 0 saturated heterocycles. The van der Waals surface area contributed by atoms with Gasteiger partial charge in [0.25, 0.3) is 5.69 Å². The molecule has 0 unspecified atom stereocenters. The van der Waals surface area contributed by atoms with Crippen LogP contribution in [0.15, 0.2) is 42.7 Å². The van der Waals surface area contributed by atoms with Gasteiger partial charge >= 0.3 is 57.4 Å². The molecule has 0 aliphatic heterocycles. The van der Waals surface area contributed by atoms with Crippen LogP contribution in [0.5, 0.6) is 0 Å². The number of pyridine rings is 1. The molecule has 92 valence electrons. The third-order valence-electron chi connectivity index (χ3n) is 2.44. The van der Waals surface area contributed by atoms with Crippen molar-refractivity contribution in [3.05, 3.63) is 58.4 Å². The fraction of sp³-hybridized carbons (Fsp3) is 0. The smallest absolute Gasteiger partial charge is 1.00 e. The van der Waals surface area contributed by atoms with Crippen LogP contribution in [-0.4, -0.2) is 21.0 Å². The minimum absolute atomic E-state index is 0. The fourth-order valence-electron chi connectivity index (χ4n) is 1.59. The molecular weight excluding hydrogens is 275 g/mol. The number of aromatic nitrogens is 1. The number of nitrogens with zero attached hydrogens (tertiary/aromatic N) is 2. The second kappa shape index (κ2) is 6.87. The first-order valence-corrected chi connectivity index (χ1v) is 5.01. The van der Waals surface area contributed by atoms with Crippen molar-refractivity contribution < 1.29 is 67.6 Å². The summed E-state index contributed by atoms with van der Waals surface area (Å²) in [7, 11) is 0. The normalized spacial score (nSPS) is 9.47. The zero-order valence-corrected chi connectivity index (χ0v) is 13.2. The molecule has 0 spiro atoms. The molecule has 1 aromatic carbocycles. The van der Waals surface area contributed by atoms with Crippen LogP contribution in [0.25, 0.3) is 11.1 Å². The summed E-state index contributed by atoms with van der Waals surface area (Å²) >= 11 is 0. The van der Waals surface area contributed by atoms with E-state index >= 15 is 0 Å². The predicted molar refractivity (Wildman–Crippen MR) is 64.4 cm³/mol. The van der Waals surface area contributed by atoms with Crippen LogP contribution in [-0.2, 0) is 0 Å². The van der Waals surface area contributed by atoms with Crippen LogP contribution in [0, 0.1) is 10.1 Å². The van der Waals surface area contributed by atoms with E-state index in [-0.39, 0.29) is 58.4 Å². The van der Waals surface area contributed by atoms with Gasteiger partial charge in [0.1, 0.15) is 5.56 Å². The molecule has 1 heterocycles. The molecule has 0 fully saturated rings. The maximum atomic E-state index is 10.9. The molecule has 0 amide bonds. The third-order valence-corrected chi connectivity index (χ3v) is 2.44. The number of hydrogen-bond donors (Lipinski definition) is 1. The van der Waals surface area contributed by atoms with Gasteiger partial charge in [0.15, 0.2) is 0 Å². The summed E-state index contributed by atoms with van der Waals surface area (Å²) in [5.74, 6) is -1.32. The van der Waals surface area contributed by atoms with E-state index in [9.17, 15) is 14.9 Å². The SMILES string of the molecule is O=C(O)c1ccc(-c2ccncc2)cc1[N+](=O)[O-].[H-].[K+]. The molecule has 0 saturated carbocycles. The summed E-state index contributed by atoms with van der Waals surface area (Å²) in [6, 6.07) is 7.40. The van der Waals surface area contributed by atoms with E-state index in [0.717, 1.165) is 5.56 Å². The molecule has 0 aliphatic carbocycles. The summed E-state index contributed by atoms with van der Waals surface area (Å²) in [6.45, 7) is 0. The van der Waals surface area contributed by atoms with Gasteiger partial charge < -0.3 is 6.53 Å². The first-order valence-electron chi connectivity index (χ1n) is 5.01. The number of carboxylic acid groups (broad SMARTS) is 1. The summed E-state index contributed by atoms with van der Waals surface area (Å²) in [5.41, 5.74) is 0.578. The van der Waals surface area contributed by atoms with Gasteiger partial charge in [0.2, 0.25) is 0 Å². The van der Waals surface area contributed by atoms with Gasteiger partial charge in [-0.05, 0) is 29.3 Å². The second-order valence-corrected chi connectivity index (χ2v) is 3.53. The molecular formula is C12H9KN2O4. The van der Waals surface area contributed by atoms with Gasteiger partial charge in [-0.15, -0.1) is 0 Å². The van der Waals surface area contributed by atoms with Crippen LogP contribution in [0.1, 0.15) is 11.8 Å². The van der Waals surface area contributed by atoms with Gasteiger partial charge in [-0.25, -0.2) is 4.79 Å². The molecule has 0 radical (unpaired) electrons. The second-order valence-electron chi connectivity index (χ2n) is 3.53. The van der Waals surface area contributed by atoms with E-state index in [4.69, 9.17) is 5.11 Å². The number of nitro benzene ring substituents is 1. The average Bonchev–Trinajstić information content (AvgIpc) is 2.39. The van der Waals surface area contributed by atoms with Gasteiger partial charge in [-0.1, -0.05) is 6.07 Å². The van der Waals surface area contributed by atoms with Crippen LogP contribution in [0.3, 0.4) is 0 Å². The first-order chi connectivity index (χ1) is 8.59. The zero-order valence-electron chi connectivity index (χ0n) is 11.1. The van der Waals surface area contributed by atoms with Crippen molar-refractivity contribution >= 4 is 11.7 Å². The Morgan fingerprint density at radius 1 is 1.21 bits per heavy atom. The molecule has 0 aliphatic rings. The minimum Gasteiger partial charge on any atom is -1.00 e. The molecule has 6 nitrogen and oxygen atoms in total. The van der Waals surface area contributed by atoms with Crippen LogP contribution >= 0.6 is 0 Å². The summed E-state index contributed by atoms with van der Waals surface area (Å²) in [4.78, 5) is 24.8. The fourth-order valence-corrected chi connectivity index (χ4v) is 1.59. The van der Waals surface area contributed by atoms with Crippen molar-refractivity contribution in [3.8, 4) is 11.1 Å². The van der Waals surface area contributed by atoms with E-state index in [1.165, 1.54) is 18.2 Å².